The highest BCUT2D eigenvalue weighted by Crippen LogP contribution is 2.10. The molecule has 19 heavy (non-hydrogen) atoms. The molecule has 114 valence electrons. The molecule has 0 aliphatic carbocycles. The summed E-state index contributed by atoms with van der Waals surface area (Å²) in [5, 5.41) is 11.9. The summed E-state index contributed by atoms with van der Waals surface area (Å²) in [7, 11) is 0. The Morgan fingerprint density at radius 3 is 1.79 bits per heavy atom. The molecule has 4 N–H and O–H groups in total. The fraction of sp³-hybridized carbons (Fsp3) is 0.933. The molecule has 4 heteroatoms. The van der Waals surface area contributed by atoms with Crippen molar-refractivity contribution >= 4 is 5.97 Å². The molecule has 0 fully saturated rings. The predicted octanol–water partition coefficient (Wildman–Crippen LogP) is 2.91. The van der Waals surface area contributed by atoms with Crippen LogP contribution in [-0.2, 0) is 4.79 Å². The number of rotatable bonds is 15. The SMILES string of the molecule is NCCCNCCCCCCCCCCCC(=O)O. The van der Waals surface area contributed by atoms with Crippen molar-refractivity contribution in [2.45, 2.75) is 70.6 Å². The molecule has 0 bridgehead atoms. The molecule has 0 heterocycles. The number of carboxylic acids is 1. The summed E-state index contributed by atoms with van der Waals surface area (Å²) >= 11 is 0. The summed E-state index contributed by atoms with van der Waals surface area (Å²) in [6, 6.07) is 0. The molecular weight excluding hydrogens is 240 g/mol. The zero-order valence-electron chi connectivity index (χ0n) is 12.3. The summed E-state index contributed by atoms with van der Waals surface area (Å²) in [5.74, 6) is -0.667. The Kier molecular flexibility index (Phi) is 15.0. The van der Waals surface area contributed by atoms with E-state index in [0.717, 1.165) is 38.9 Å². The van der Waals surface area contributed by atoms with Gasteiger partial charge in [-0.15, -0.1) is 0 Å². The molecule has 0 aromatic rings. The summed E-state index contributed by atoms with van der Waals surface area (Å²) in [4.78, 5) is 10.3. The van der Waals surface area contributed by atoms with E-state index >= 15 is 0 Å². The lowest BCUT2D eigenvalue weighted by molar-refractivity contribution is -0.137. The van der Waals surface area contributed by atoms with E-state index in [1.165, 1.54) is 44.9 Å². The van der Waals surface area contributed by atoms with E-state index in [0.29, 0.717) is 6.42 Å². The van der Waals surface area contributed by atoms with E-state index in [1.807, 2.05) is 0 Å². The number of unbranched alkanes of at least 4 members (excludes halogenated alkanes) is 8. The van der Waals surface area contributed by atoms with Crippen LogP contribution >= 0.6 is 0 Å². The van der Waals surface area contributed by atoms with Crippen LogP contribution in [0.25, 0.3) is 0 Å². The highest BCUT2D eigenvalue weighted by molar-refractivity contribution is 5.66. The third kappa shape index (κ3) is 17.4. The zero-order chi connectivity index (χ0) is 14.2. The monoisotopic (exact) mass is 272 g/mol. The Balaban J connectivity index is 2.93. The molecule has 0 amide bonds. The molecule has 0 aromatic heterocycles. The topological polar surface area (TPSA) is 75.3 Å². The third-order valence-corrected chi connectivity index (χ3v) is 3.30. The van der Waals surface area contributed by atoms with Crippen LogP contribution in [0.15, 0.2) is 0 Å². The second-order valence-corrected chi connectivity index (χ2v) is 5.22. The van der Waals surface area contributed by atoms with Gasteiger partial charge in [0.05, 0.1) is 0 Å². The first-order chi connectivity index (χ1) is 9.27. The Labute approximate surface area is 118 Å². The lowest BCUT2D eigenvalue weighted by Crippen LogP contribution is -2.19. The average Bonchev–Trinajstić information content (AvgIpc) is 2.39. The van der Waals surface area contributed by atoms with E-state index < -0.39 is 5.97 Å². The van der Waals surface area contributed by atoms with Crippen molar-refractivity contribution in [3.8, 4) is 0 Å². The molecule has 0 aliphatic rings. The van der Waals surface area contributed by atoms with Gasteiger partial charge >= 0.3 is 5.97 Å². The van der Waals surface area contributed by atoms with Gasteiger partial charge in [0.15, 0.2) is 0 Å². The summed E-state index contributed by atoms with van der Waals surface area (Å²) in [6.07, 6.45) is 12.3. The van der Waals surface area contributed by atoms with Gasteiger partial charge in [0.2, 0.25) is 0 Å². The lowest BCUT2D eigenvalue weighted by Gasteiger charge is -2.04. The first-order valence-electron chi connectivity index (χ1n) is 7.90. The highest BCUT2D eigenvalue weighted by atomic mass is 16.4. The molecule has 0 saturated carbocycles. The summed E-state index contributed by atoms with van der Waals surface area (Å²) in [6.45, 7) is 2.95. The van der Waals surface area contributed by atoms with Crippen LogP contribution in [0.2, 0.25) is 0 Å². The molecule has 0 aliphatic heterocycles. The van der Waals surface area contributed by atoms with Gasteiger partial charge in [0.25, 0.3) is 0 Å². The van der Waals surface area contributed by atoms with Gasteiger partial charge < -0.3 is 16.2 Å². The smallest absolute Gasteiger partial charge is 0.303 e. The molecule has 0 spiro atoms. The van der Waals surface area contributed by atoms with Crippen molar-refractivity contribution in [1.82, 2.24) is 5.32 Å². The molecule has 0 aromatic carbocycles. The molecular formula is C15H32N2O2. The fourth-order valence-corrected chi connectivity index (χ4v) is 2.12. The van der Waals surface area contributed by atoms with Crippen LogP contribution in [0, 0.1) is 0 Å². The van der Waals surface area contributed by atoms with Crippen LogP contribution in [-0.4, -0.2) is 30.7 Å². The first kappa shape index (κ1) is 18.4. The molecule has 0 atom stereocenters. The quantitative estimate of drug-likeness (QED) is 0.401. The van der Waals surface area contributed by atoms with Gasteiger partial charge in [-0.2, -0.15) is 0 Å². The number of hydrogen-bond donors (Lipinski definition) is 3. The van der Waals surface area contributed by atoms with Crippen molar-refractivity contribution in [3.05, 3.63) is 0 Å². The minimum atomic E-state index is -0.667. The Morgan fingerprint density at radius 2 is 1.26 bits per heavy atom. The maximum absolute atomic E-state index is 10.3. The van der Waals surface area contributed by atoms with Gasteiger partial charge in [-0.3, -0.25) is 4.79 Å². The van der Waals surface area contributed by atoms with Gasteiger partial charge in [-0.25, -0.2) is 0 Å². The van der Waals surface area contributed by atoms with E-state index in [-0.39, 0.29) is 0 Å². The van der Waals surface area contributed by atoms with Gasteiger partial charge in [0.1, 0.15) is 0 Å². The molecule has 0 rings (SSSR count). The summed E-state index contributed by atoms with van der Waals surface area (Å²) in [5.41, 5.74) is 5.41. The molecule has 4 nitrogen and oxygen atoms in total. The molecule has 0 radical (unpaired) electrons. The van der Waals surface area contributed by atoms with E-state index in [2.05, 4.69) is 5.32 Å². The van der Waals surface area contributed by atoms with Gasteiger partial charge in [0, 0.05) is 6.42 Å². The Morgan fingerprint density at radius 1 is 0.789 bits per heavy atom. The fourth-order valence-electron chi connectivity index (χ4n) is 2.12. The maximum Gasteiger partial charge on any atom is 0.303 e. The standard InChI is InChI=1S/C15H32N2O2/c16-12-10-14-17-13-9-7-5-3-1-2-4-6-8-11-15(18)19/h17H,1-14,16H2,(H,18,19). The number of aliphatic carboxylic acids is 1. The number of nitrogens with one attached hydrogen (secondary N) is 1. The Hall–Kier alpha value is -0.610. The lowest BCUT2D eigenvalue weighted by atomic mass is 10.1. The zero-order valence-corrected chi connectivity index (χ0v) is 12.3. The molecule has 0 unspecified atom stereocenters. The number of carbonyl (C=O) groups is 1. The highest BCUT2D eigenvalue weighted by Gasteiger charge is 1.96. The van der Waals surface area contributed by atoms with Crippen LogP contribution in [0.5, 0.6) is 0 Å². The maximum atomic E-state index is 10.3. The number of hydrogen-bond acceptors (Lipinski definition) is 3. The average molecular weight is 272 g/mol. The second kappa shape index (κ2) is 15.4. The minimum absolute atomic E-state index is 0.331. The third-order valence-electron chi connectivity index (χ3n) is 3.30. The van der Waals surface area contributed by atoms with Crippen LogP contribution in [0.3, 0.4) is 0 Å². The van der Waals surface area contributed by atoms with E-state index in [4.69, 9.17) is 10.8 Å². The van der Waals surface area contributed by atoms with Crippen molar-refractivity contribution in [1.29, 1.82) is 0 Å². The van der Waals surface area contributed by atoms with E-state index in [9.17, 15) is 4.79 Å². The Bertz CT molecular complexity index is 199. The first-order valence-corrected chi connectivity index (χ1v) is 7.90. The minimum Gasteiger partial charge on any atom is -0.481 e. The largest absolute Gasteiger partial charge is 0.481 e. The van der Waals surface area contributed by atoms with Crippen LogP contribution < -0.4 is 11.1 Å². The van der Waals surface area contributed by atoms with Crippen molar-refractivity contribution < 1.29 is 9.90 Å². The van der Waals surface area contributed by atoms with Gasteiger partial charge in [-0.1, -0.05) is 44.9 Å². The van der Waals surface area contributed by atoms with Crippen molar-refractivity contribution in [3.63, 3.8) is 0 Å². The van der Waals surface area contributed by atoms with Crippen molar-refractivity contribution in [2.24, 2.45) is 5.73 Å². The number of carboxylic acid groups (broad SMARTS) is 1. The van der Waals surface area contributed by atoms with Crippen molar-refractivity contribution in [2.75, 3.05) is 19.6 Å². The van der Waals surface area contributed by atoms with E-state index in [1.54, 1.807) is 0 Å². The summed E-state index contributed by atoms with van der Waals surface area (Å²) < 4.78 is 0. The van der Waals surface area contributed by atoms with Gasteiger partial charge in [-0.05, 0) is 38.9 Å². The normalized spacial score (nSPS) is 10.8. The molecule has 0 saturated heterocycles. The van der Waals surface area contributed by atoms with Crippen LogP contribution in [0.4, 0.5) is 0 Å². The number of nitrogens with two attached hydrogens (primary N) is 1. The predicted molar refractivity (Wildman–Crippen MR) is 80.3 cm³/mol. The second-order valence-electron chi connectivity index (χ2n) is 5.22. The van der Waals surface area contributed by atoms with Crippen LogP contribution in [0.1, 0.15) is 70.6 Å².